The normalized spacial score (nSPS) is 17.4. The van der Waals surface area contributed by atoms with Gasteiger partial charge in [0.25, 0.3) is 0 Å². The van der Waals surface area contributed by atoms with E-state index in [2.05, 4.69) is 43.9 Å². The van der Waals surface area contributed by atoms with E-state index in [1.165, 1.54) is 0 Å². The standard InChI is InChI=1S/C16H14Br2NO2.Y/c1-3-9-21-11-5-6-12(14(18)10-11)15-8-7-13(17)16(20)19(15)4-2;/h1,5-6,10,13H,4,7,9H2,2H3;/q-1;. The smallest absolute Gasteiger partial charge is 0.236 e. The summed E-state index contributed by atoms with van der Waals surface area (Å²) in [5, 5.41) is 0. The number of allylic oxidation sites excluding steroid dienone is 1. The van der Waals surface area contributed by atoms with Crippen molar-refractivity contribution in [3.05, 3.63) is 34.3 Å². The van der Waals surface area contributed by atoms with Gasteiger partial charge in [0.15, 0.2) is 0 Å². The summed E-state index contributed by atoms with van der Waals surface area (Å²) in [6, 6.07) is 5.59. The van der Waals surface area contributed by atoms with Crippen molar-refractivity contribution in [3.8, 4) is 18.1 Å². The maximum Gasteiger partial charge on any atom is 0.236 e. The fraction of sp³-hybridized carbons (Fsp3) is 0.312. The minimum absolute atomic E-state index is 0. The van der Waals surface area contributed by atoms with Crippen LogP contribution in [0.1, 0.15) is 18.9 Å². The van der Waals surface area contributed by atoms with E-state index in [0.29, 0.717) is 18.7 Å². The Morgan fingerprint density at radius 1 is 1.55 bits per heavy atom. The number of carbonyl (C=O) groups is 1. The third-order valence-corrected chi connectivity index (χ3v) is 4.46. The maximum absolute atomic E-state index is 12.2. The van der Waals surface area contributed by atoms with Gasteiger partial charge in [-0.25, -0.2) is 6.08 Å². The molecule has 0 aliphatic carbocycles. The average molecular weight is 501 g/mol. The van der Waals surface area contributed by atoms with Crippen molar-refractivity contribution in [1.82, 2.24) is 4.90 Å². The number of halogens is 2. The Morgan fingerprint density at radius 2 is 2.27 bits per heavy atom. The predicted molar refractivity (Wildman–Crippen MR) is 89.8 cm³/mol. The number of ether oxygens (including phenoxy) is 1. The number of terminal acetylenes is 1. The first-order valence-electron chi connectivity index (χ1n) is 6.51. The fourth-order valence-corrected chi connectivity index (χ4v) is 3.06. The molecule has 0 bridgehead atoms. The Balaban J connectivity index is 0.00000242. The zero-order chi connectivity index (χ0) is 15.4. The van der Waals surface area contributed by atoms with Gasteiger partial charge in [-0.05, 0) is 19.1 Å². The molecule has 2 rings (SSSR count). The fourth-order valence-electron chi connectivity index (χ4n) is 2.11. The molecule has 0 N–H and O–H groups in total. The number of hydrogen-bond acceptors (Lipinski definition) is 2. The minimum atomic E-state index is -0.196. The molecule has 1 aliphatic heterocycles. The Kier molecular flexibility index (Phi) is 8.34. The van der Waals surface area contributed by atoms with E-state index in [-0.39, 0.29) is 50.1 Å². The van der Waals surface area contributed by atoms with Crippen LogP contribution in [0.3, 0.4) is 0 Å². The van der Waals surface area contributed by atoms with E-state index in [0.717, 1.165) is 15.7 Å². The van der Waals surface area contributed by atoms with E-state index in [9.17, 15) is 4.79 Å². The molecule has 0 saturated carbocycles. The van der Waals surface area contributed by atoms with Crippen molar-refractivity contribution in [2.45, 2.75) is 18.2 Å². The first-order chi connectivity index (χ1) is 10.1. The van der Waals surface area contributed by atoms with Crippen molar-refractivity contribution >= 4 is 43.5 Å². The molecule has 1 amide bonds. The molecule has 1 aromatic rings. The summed E-state index contributed by atoms with van der Waals surface area (Å²) in [5.41, 5.74) is 1.71. The van der Waals surface area contributed by atoms with Crippen LogP contribution >= 0.6 is 31.9 Å². The van der Waals surface area contributed by atoms with Gasteiger partial charge in [0, 0.05) is 39.3 Å². The van der Waals surface area contributed by atoms with Crippen LogP contribution in [0.2, 0.25) is 0 Å². The Labute approximate surface area is 173 Å². The second-order valence-electron chi connectivity index (χ2n) is 4.41. The number of rotatable bonds is 4. The van der Waals surface area contributed by atoms with Gasteiger partial charge in [-0.1, -0.05) is 48.7 Å². The summed E-state index contributed by atoms with van der Waals surface area (Å²) >= 11 is 6.90. The zero-order valence-corrected chi connectivity index (χ0v) is 18.1. The van der Waals surface area contributed by atoms with Gasteiger partial charge in [-0.15, -0.1) is 23.8 Å². The predicted octanol–water partition coefficient (Wildman–Crippen LogP) is 3.62. The minimum Gasteiger partial charge on any atom is -0.481 e. The molecule has 0 saturated heterocycles. The van der Waals surface area contributed by atoms with E-state index in [4.69, 9.17) is 11.2 Å². The average Bonchev–Trinajstić information content (AvgIpc) is 2.48. The first kappa shape index (κ1) is 19.9. The molecule has 0 spiro atoms. The molecular weight excluding hydrogens is 487 g/mol. The molecule has 1 aliphatic rings. The molecule has 0 fully saturated rings. The summed E-state index contributed by atoms with van der Waals surface area (Å²) in [7, 11) is 0. The number of hydrogen-bond donors (Lipinski definition) is 0. The molecule has 1 atom stereocenters. The van der Waals surface area contributed by atoms with Crippen molar-refractivity contribution in [3.63, 3.8) is 0 Å². The van der Waals surface area contributed by atoms with Crippen LogP contribution in [0.5, 0.6) is 5.75 Å². The van der Waals surface area contributed by atoms with Gasteiger partial charge < -0.3 is 9.64 Å². The molecule has 0 aromatic heterocycles. The Morgan fingerprint density at radius 3 is 2.86 bits per heavy atom. The van der Waals surface area contributed by atoms with Crippen LogP contribution in [0.25, 0.3) is 5.70 Å². The summed E-state index contributed by atoms with van der Waals surface area (Å²) in [6.07, 6.45) is 9.03. The number of alkyl halides is 1. The first-order valence-corrected chi connectivity index (χ1v) is 8.21. The molecule has 1 aromatic carbocycles. The van der Waals surface area contributed by atoms with Crippen molar-refractivity contribution in [1.29, 1.82) is 0 Å². The van der Waals surface area contributed by atoms with Gasteiger partial charge in [-0.2, -0.15) is 0 Å². The number of amides is 1. The maximum atomic E-state index is 12.2. The van der Waals surface area contributed by atoms with Crippen LogP contribution in [-0.4, -0.2) is 28.8 Å². The van der Waals surface area contributed by atoms with E-state index in [1.807, 2.05) is 25.1 Å². The molecule has 1 unspecified atom stereocenters. The van der Waals surface area contributed by atoms with Gasteiger partial charge in [0.2, 0.25) is 5.91 Å². The van der Waals surface area contributed by atoms with Crippen LogP contribution in [-0.2, 0) is 37.5 Å². The topological polar surface area (TPSA) is 29.5 Å². The summed E-state index contributed by atoms with van der Waals surface area (Å²) in [6.45, 7) is 2.78. The van der Waals surface area contributed by atoms with E-state index < -0.39 is 0 Å². The van der Waals surface area contributed by atoms with Gasteiger partial charge >= 0.3 is 0 Å². The Bertz CT molecular complexity index is 625. The molecule has 1 radical (unpaired) electrons. The summed E-state index contributed by atoms with van der Waals surface area (Å²) < 4.78 is 6.23. The van der Waals surface area contributed by atoms with Crippen molar-refractivity contribution in [2.24, 2.45) is 0 Å². The molecule has 22 heavy (non-hydrogen) atoms. The van der Waals surface area contributed by atoms with Gasteiger partial charge in [0.05, 0.1) is 4.83 Å². The number of carbonyl (C=O) groups excluding carboxylic acids is 1. The third-order valence-electron chi connectivity index (χ3n) is 3.09. The number of nitrogens with zero attached hydrogens (tertiary/aromatic N) is 1. The SMILES string of the molecule is C#CCOc1ccc(C2=[C-]CC(Br)C(=O)N2CC)c(Br)c1.[Y]. The van der Waals surface area contributed by atoms with Gasteiger partial charge in [0.1, 0.15) is 12.4 Å². The summed E-state index contributed by atoms with van der Waals surface area (Å²) in [5.74, 6) is 3.18. The van der Waals surface area contributed by atoms with Crippen molar-refractivity contribution < 1.29 is 42.2 Å². The largest absolute Gasteiger partial charge is 0.481 e. The number of benzene rings is 1. The van der Waals surface area contributed by atoms with E-state index >= 15 is 0 Å². The van der Waals surface area contributed by atoms with Crippen LogP contribution in [0.4, 0.5) is 0 Å². The van der Waals surface area contributed by atoms with Crippen LogP contribution in [0.15, 0.2) is 22.7 Å². The second-order valence-corrected chi connectivity index (χ2v) is 6.37. The monoisotopic (exact) mass is 499 g/mol. The van der Waals surface area contributed by atoms with Gasteiger partial charge in [-0.3, -0.25) is 4.79 Å². The molecule has 113 valence electrons. The molecule has 1 heterocycles. The van der Waals surface area contributed by atoms with Crippen molar-refractivity contribution in [2.75, 3.05) is 13.2 Å². The summed E-state index contributed by atoms with van der Waals surface area (Å²) in [4.78, 5) is 13.7. The molecule has 6 heteroatoms. The quantitative estimate of drug-likeness (QED) is 0.359. The zero-order valence-electron chi connectivity index (χ0n) is 12.1. The second kappa shape index (κ2) is 9.22. The molecular formula is C16H14Br2NO2Y-. The van der Waals surface area contributed by atoms with E-state index in [1.54, 1.807) is 4.90 Å². The Hall–Kier alpha value is -0.146. The molecule has 3 nitrogen and oxygen atoms in total. The van der Waals surface area contributed by atoms with Crippen LogP contribution < -0.4 is 4.74 Å². The third kappa shape index (κ3) is 4.44. The van der Waals surface area contributed by atoms with Crippen LogP contribution in [0, 0.1) is 18.4 Å².